The zero-order valence-electron chi connectivity index (χ0n) is 7.88. The lowest BCUT2D eigenvalue weighted by molar-refractivity contribution is -0.274. The van der Waals surface area contributed by atoms with Gasteiger partial charge in [-0.05, 0) is 28.1 Å². The minimum absolute atomic E-state index is 0.00363. The van der Waals surface area contributed by atoms with Crippen LogP contribution in [-0.2, 0) is 0 Å². The Bertz CT molecular complexity index is 507. The fourth-order valence-electron chi connectivity index (χ4n) is 1.01. The highest BCUT2D eigenvalue weighted by atomic mass is 79.9. The number of nitriles is 1. The van der Waals surface area contributed by atoms with Crippen LogP contribution in [0.15, 0.2) is 16.6 Å². The summed E-state index contributed by atoms with van der Waals surface area (Å²) < 4.78 is 39.6. The quantitative estimate of drug-likeness (QED) is 0.912. The Balaban J connectivity index is 3.33. The van der Waals surface area contributed by atoms with Gasteiger partial charge in [0.2, 0.25) is 0 Å². The molecule has 0 heterocycles. The van der Waals surface area contributed by atoms with Crippen molar-refractivity contribution in [2.24, 2.45) is 0 Å². The molecule has 0 fully saturated rings. The summed E-state index contributed by atoms with van der Waals surface area (Å²) in [6.07, 6.45) is -4.99. The summed E-state index contributed by atoms with van der Waals surface area (Å²) in [4.78, 5) is 10.7. The van der Waals surface area contributed by atoms with Crippen molar-refractivity contribution in [3.63, 3.8) is 0 Å². The summed E-state index contributed by atoms with van der Waals surface area (Å²) in [6.45, 7) is 0. The van der Waals surface area contributed by atoms with E-state index in [0.717, 1.165) is 6.07 Å². The molecular formula is C9H3BrF3NO3. The predicted molar refractivity (Wildman–Crippen MR) is 52.5 cm³/mol. The van der Waals surface area contributed by atoms with E-state index in [1.54, 1.807) is 0 Å². The normalized spacial score (nSPS) is 10.8. The minimum atomic E-state index is -4.99. The topological polar surface area (TPSA) is 70.3 Å². The van der Waals surface area contributed by atoms with Crippen LogP contribution >= 0.6 is 15.9 Å². The molecule has 8 heteroatoms. The molecule has 1 aromatic rings. The number of carbonyl (C=O) groups is 1. The smallest absolute Gasteiger partial charge is 0.478 e. The molecule has 0 saturated carbocycles. The maximum atomic E-state index is 12.0. The third kappa shape index (κ3) is 3.35. The average molecular weight is 310 g/mol. The summed E-state index contributed by atoms with van der Waals surface area (Å²) in [5, 5.41) is 17.3. The summed E-state index contributed by atoms with van der Waals surface area (Å²) >= 11 is 2.83. The van der Waals surface area contributed by atoms with Crippen LogP contribution in [0, 0.1) is 11.3 Å². The number of hydrogen-bond donors (Lipinski definition) is 1. The molecule has 0 saturated heterocycles. The van der Waals surface area contributed by atoms with E-state index in [-0.39, 0.29) is 4.47 Å². The zero-order chi connectivity index (χ0) is 13.2. The van der Waals surface area contributed by atoms with Gasteiger partial charge in [0.25, 0.3) is 0 Å². The Morgan fingerprint density at radius 1 is 1.47 bits per heavy atom. The standard InChI is InChI=1S/C9H3BrF3NO3/c10-6-1-4(3-14)7(17-9(11,12)13)2-5(6)8(15)16/h1-2H,(H,15,16). The van der Waals surface area contributed by atoms with Gasteiger partial charge >= 0.3 is 12.3 Å². The lowest BCUT2D eigenvalue weighted by atomic mass is 10.1. The van der Waals surface area contributed by atoms with Gasteiger partial charge in [-0.25, -0.2) is 4.79 Å². The number of carboxylic acid groups (broad SMARTS) is 1. The highest BCUT2D eigenvalue weighted by molar-refractivity contribution is 9.10. The molecule has 0 aromatic heterocycles. The van der Waals surface area contributed by atoms with Crippen LogP contribution in [0.2, 0.25) is 0 Å². The van der Waals surface area contributed by atoms with Crippen molar-refractivity contribution in [1.82, 2.24) is 0 Å². The number of hydrogen-bond acceptors (Lipinski definition) is 3. The molecule has 0 atom stereocenters. The molecule has 4 nitrogen and oxygen atoms in total. The Labute approximate surface area is 101 Å². The molecule has 0 unspecified atom stereocenters. The van der Waals surface area contributed by atoms with Gasteiger partial charge in [0.1, 0.15) is 11.8 Å². The molecule has 0 spiro atoms. The van der Waals surface area contributed by atoms with Crippen molar-refractivity contribution in [3.05, 3.63) is 27.7 Å². The number of rotatable bonds is 2. The number of alkyl halides is 3. The van der Waals surface area contributed by atoms with E-state index in [4.69, 9.17) is 10.4 Å². The summed E-state index contributed by atoms with van der Waals surface area (Å²) in [6, 6.07) is 3.06. The van der Waals surface area contributed by atoms with Crippen LogP contribution in [0.4, 0.5) is 13.2 Å². The molecule has 0 aliphatic rings. The second-order valence-corrected chi connectivity index (χ2v) is 3.65. The number of benzene rings is 1. The maximum Gasteiger partial charge on any atom is 0.573 e. The molecule has 17 heavy (non-hydrogen) atoms. The van der Waals surface area contributed by atoms with Gasteiger partial charge in [-0.2, -0.15) is 5.26 Å². The SMILES string of the molecule is N#Cc1cc(Br)c(C(=O)O)cc1OC(F)(F)F. The third-order valence-electron chi connectivity index (χ3n) is 1.65. The summed E-state index contributed by atoms with van der Waals surface area (Å²) in [5.74, 6) is -2.28. The molecule has 1 N–H and O–H groups in total. The Kier molecular flexibility index (Phi) is 3.63. The Morgan fingerprint density at radius 2 is 2.06 bits per heavy atom. The van der Waals surface area contributed by atoms with Gasteiger partial charge in [0.15, 0.2) is 0 Å². The van der Waals surface area contributed by atoms with Gasteiger partial charge in [0, 0.05) is 4.47 Å². The van der Waals surface area contributed by atoms with Crippen LogP contribution < -0.4 is 4.74 Å². The van der Waals surface area contributed by atoms with E-state index in [1.807, 2.05) is 0 Å². The van der Waals surface area contributed by atoms with Crippen molar-refractivity contribution in [2.45, 2.75) is 6.36 Å². The first kappa shape index (κ1) is 13.3. The van der Waals surface area contributed by atoms with Gasteiger partial charge in [-0.3, -0.25) is 0 Å². The van der Waals surface area contributed by atoms with Gasteiger partial charge in [-0.15, -0.1) is 13.2 Å². The minimum Gasteiger partial charge on any atom is -0.478 e. The molecule has 1 aromatic carbocycles. The third-order valence-corrected chi connectivity index (χ3v) is 2.30. The molecule has 1 rings (SSSR count). The van der Waals surface area contributed by atoms with Crippen LogP contribution in [0.3, 0.4) is 0 Å². The summed E-state index contributed by atoms with van der Waals surface area (Å²) in [7, 11) is 0. The number of ether oxygens (including phenoxy) is 1. The molecule has 0 aliphatic heterocycles. The van der Waals surface area contributed by atoms with E-state index in [9.17, 15) is 18.0 Å². The predicted octanol–water partition coefficient (Wildman–Crippen LogP) is 2.92. The Hall–Kier alpha value is -1.75. The van der Waals surface area contributed by atoms with Crippen molar-refractivity contribution in [2.75, 3.05) is 0 Å². The van der Waals surface area contributed by atoms with Gasteiger partial charge in [0.05, 0.1) is 11.1 Å². The summed E-state index contributed by atoms with van der Waals surface area (Å²) in [5.41, 5.74) is -0.845. The molecule has 0 radical (unpaired) electrons. The second-order valence-electron chi connectivity index (χ2n) is 2.79. The first-order valence-electron chi connectivity index (χ1n) is 3.97. The van der Waals surface area contributed by atoms with Crippen LogP contribution in [0.25, 0.3) is 0 Å². The van der Waals surface area contributed by atoms with E-state index in [1.165, 1.54) is 6.07 Å². The average Bonchev–Trinajstić information content (AvgIpc) is 2.17. The van der Waals surface area contributed by atoms with E-state index < -0.39 is 29.2 Å². The number of halogens is 4. The van der Waals surface area contributed by atoms with Gasteiger partial charge in [-0.1, -0.05) is 0 Å². The van der Waals surface area contributed by atoms with Crippen LogP contribution in [0.5, 0.6) is 5.75 Å². The molecule has 0 bridgehead atoms. The van der Waals surface area contributed by atoms with Gasteiger partial charge < -0.3 is 9.84 Å². The van der Waals surface area contributed by atoms with Crippen molar-refractivity contribution < 1.29 is 27.8 Å². The molecule has 0 aliphatic carbocycles. The van der Waals surface area contributed by atoms with Crippen molar-refractivity contribution >= 4 is 21.9 Å². The fourth-order valence-corrected chi connectivity index (χ4v) is 1.53. The number of nitrogens with zero attached hydrogens (tertiary/aromatic N) is 1. The van der Waals surface area contributed by atoms with Crippen molar-refractivity contribution in [3.8, 4) is 11.8 Å². The molecule has 90 valence electrons. The number of aromatic carboxylic acids is 1. The first-order chi connectivity index (χ1) is 7.74. The second kappa shape index (κ2) is 4.63. The monoisotopic (exact) mass is 309 g/mol. The number of carboxylic acids is 1. The first-order valence-corrected chi connectivity index (χ1v) is 4.76. The van der Waals surface area contributed by atoms with E-state index in [2.05, 4.69) is 20.7 Å². The van der Waals surface area contributed by atoms with E-state index in [0.29, 0.717) is 6.07 Å². The Morgan fingerprint density at radius 3 is 2.47 bits per heavy atom. The van der Waals surface area contributed by atoms with Crippen LogP contribution in [-0.4, -0.2) is 17.4 Å². The zero-order valence-corrected chi connectivity index (χ0v) is 9.46. The molecule has 0 amide bonds. The van der Waals surface area contributed by atoms with Crippen LogP contribution in [0.1, 0.15) is 15.9 Å². The molecular weight excluding hydrogens is 307 g/mol. The fraction of sp³-hybridized carbons (Fsp3) is 0.111. The highest BCUT2D eigenvalue weighted by Crippen LogP contribution is 2.31. The largest absolute Gasteiger partial charge is 0.573 e. The van der Waals surface area contributed by atoms with Crippen molar-refractivity contribution in [1.29, 1.82) is 5.26 Å². The lowest BCUT2D eigenvalue weighted by Crippen LogP contribution is -2.18. The van der Waals surface area contributed by atoms with E-state index >= 15 is 0 Å². The maximum absolute atomic E-state index is 12.0. The lowest BCUT2D eigenvalue weighted by Gasteiger charge is -2.11. The highest BCUT2D eigenvalue weighted by Gasteiger charge is 2.33.